The first-order valence-corrected chi connectivity index (χ1v) is 8.98. The van der Waals surface area contributed by atoms with Gasteiger partial charge < -0.3 is 15.2 Å². The number of carbonyl (C=O) groups is 1. The molecule has 0 unspecified atom stereocenters. The van der Waals surface area contributed by atoms with Crippen LogP contribution in [-0.4, -0.2) is 16.2 Å². The van der Waals surface area contributed by atoms with Crippen molar-refractivity contribution in [3.05, 3.63) is 75.9 Å². The molecule has 2 N–H and O–H groups in total. The third-order valence-electron chi connectivity index (χ3n) is 3.82. The summed E-state index contributed by atoms with van der Waals surface area (Å²) in [5, 5.41) is 11.1. The lowest BCUT2D eigenvalue weighted by atomic mass is 10.0. The van der Waals surface area contributed by atoms with Crippen molar-refractivity contribution in [3.63, 3.8) is 0 Å². The van der Waals surface area contributed by atoms with Gasteiger partial charge in [0.15, 0.2) is 11.6 Å². The largest absolute Gasteiger partial charge is 0.465 e. The van der Waals surface area contributed by atoms with E-state index in [2.05, 4.69) is 26.2 Å². The molecule has 0 saturated carbocycles. The van der Waals surface area contributed by atoms with Gasteiger partial charge in [0.25, 0.3) is 5.88 Å². The molecule has 0 radical (unpaired) electrons. The fraction of sp³-hybridized carbons (Fsp3) is 0.100. The summed E-state index contributed by atoms with van der Waals surface area (Å²) in [4.78, 5) is 14.4. The van der Waals surface area contributed by atoms with E-state index in [1.165, 1.54) is 0 Å². The molecule has 0 atom stereocenters. The van der Waals surface area contributed by atoms with Gasteiger partial charge in [-0.25, -0.2) is 18.6 Å². The fourth-order valence-corrected chi connectivity index (χ4v) is 2.90. The van der Waals surface area contributed by atoms with Crippen LogP contribution in [0.5, 0.6) is 11.6 Å². The van der Waals surface area contributed by atoms with Crippen LogP contribution in [0.25, 0.3) is 11.1 Å². The number of aromatic nitrogens is 1. The van der Waals surface area contributed by atoms with Gasteiger partial charge in [-0.2, -0.15) is 0 Å². The second kappa shape index (κ2) is 8.35. The van der Waals surface area contributed by atoms with Crippen molar-refractivity contribution in [2.24, 2.45) is 0 Å². The molecule has 2 aromatic carbocycles. The van der Waals surface area contributed by atoms with E-state index >= 15 is 0 Å². The van der Waals surface area contributed by atoms with E-state index in [0.717, 1.165) is 22.3 Å². The standard InChI is InChI=1S/C20H15BrF2N2O3/c1-11-5-14(13-4-2-3-12(7-13)10-24-20(26)27)8-15(6-11)28-19-17(23)9-16(22)18(21)25-19/h2-9,24H,10H2,1H3,(H,26,27). The molecule has 1 amide bonds. The fourth-order valence-electron chi connectivity index (χ4n) is 2.62. The average molecular weight is 449 g/mol. The predicted octanol–water partition coefficient (Wildman–Crippen LogP) is 5.66. The molecular weight excluding hydrogens is 434 g/mol. The van der Waals surface area contributed by atoms with Crippen molar-refractivity contribution in [2.75, 3.05) is 0 Å². The minimum absolute atomic E-state index is 0.143. The molecule has 28 heavy (non-hydrogen) atoms. The number of benzene rings is 2. The van der Waals surface area contributed by atoms with E-state index in [-0.39, 0.29) is 17.0 Å². The van der Waals surface area contributed by atoms with Crippen LogP contribution >= 0.6 is 15.9 Å². The lowest BCUT2D eigenvalue weighted by molar-refractivity contribution is 0.194. The van der Waals surface area contributed by atoms with Crippen LogP contribution in [0.15, 0.2) is 53.1 Å². The number of hydrogen-bond donors (Lipinski definition) is 2. The van der Waals surface area contributed by atoms with Gasteiger partial charge in [0.05, 0.1) is 0 Å². The zero-order valence-electron chi connectivity index (χ0n) is 14.7. The van der Waals surface area contributed by atoms with E-state index in [0.29, 0.717) is 11.8 Å². The summed E-state index contributed by atoms with van der Waals surface area (Å²) in [5.41, 5.74) is 3.29. The quantitative estimate of drug-likeness (QED) is 0.494. The average Bonchev–Trinajstić information content (AvgIpc) is 2.64. The van der Waals surface area contributed by atoms with E-state index in [9.17, 15) is 13.6 Å². The molecule has 0 bridgehead atoms. The number of ether oxygens (including phenoxy) is 1. The van der Waals surface area contributed by atoms with Gasteiger partial charge in [-0.05, 0) is 63.3 Å². The van der Waals surface area contributed by atoms with Crippen LogP contribution in [0.4, 0.5) is 13.6 Å². The topological polar surface area (TPSA) is 71.5 Å². The highest BCUT2D eigenvalue weighted by Crippen LogP contribution is 2.31. The number of pyridine rings is 1. The number of carboxylic acid groups (broad SMARTS) is 1. The third kappa shape index (κ3) is 4.83. The van der Waals surface area contributed by atoms with Crippen molar-refractivity contribution >= 4 is 22.0 Å². The van der Waals surface area contributed by atoms with Crippen LogP contribution in [0.2, 0.25) is 0 Å². The maximum Gasteiger partial charge on any atom is 0.404 e. The van der Waals surface area contributed by atoms with Crippen LogP contribution < -0.4 is 10.1 Å². The molecule has 144 valence electrons. The molecule has 0 fully saturated rings. The first kappa shape index (κ1) is 19.8. The molecule has 8 heteroatoms. The highest BCUT2D eigenvalue weighted by molar-refractivity contribution is 9.10. The number of nitrogens with zero attached hydrogens (tertiary/aromatic N) is 1. The number of rotatable bonds is 5. The normalized spacial score (nSPS) is 10.6. The molecule has 1 aromatic heterocycles. The van der Waals surface area contributed by atoms with Gasteiger partial charge in [-0.3, -0.25) is 0 Å². The first-order valence-electron chi connectivity index (χ1n) is 8.19. The highest BCUT2D eigenvalue weighted by Gasteiger charge is 2.13. The van der Waals surface area contributed by atoms with Crippen LogP contribution in [0.1, 0.15) is 11.1 Å². The lowest BCUT2D eigenvalue weighted by Gasteiger charge is -2.11. The number of nitrogens with one attached hydrogen (secondary N) is 1. The summed E-state index contributed by atoms with van der Waals surface area (Å²) in [5.74, 6) is -1.73. The van der Waals surface area contributed by atoms with E-state index in [4.69, 9.17) is 9.84 Å². The minimum atomic E-state index is -1.10. The monoisotopic (exact) mass is 448 g/mol. The molecule has 0 aliphatic heterocycles. The van der Waals surface area contributed by atoms with Crippen LogP contribution in [0.3, 0.4) is 0 Å². The molecule has 5 nitrogen and oxygen atoms in total. The Labute approximate surface area is 168 Å². The Morgan fingerprint density at radius 1 is 1.14 bits per heavy atom. The number of halogens is 3. The first-order chi connectivity index (χ1) is 13.3. The van der Waals surface area contributed by atoms with Gasteiger partial charge in [-0.1, -0.05) is 24.3 Å². The second-order valence-electron chi connectivity index (χ2n) is 6.04. The molecule has 0 spiro atoms. The van der Waals surface area contributed by atoms with Crippen molar-refractivity contribution in [3.8, 4) is 22.8 Å². The van der Waals surface area contributed by atoms with Crippen molar-refractivity contribution < 1.29 is 23.4 Å². The number of aryl methyl sites for hydroxylation is 1. The Balaban J connectivity index is 1.91. The summed E-state index contributed by atoms with van der Waals surface area (Å²) in [6.07, 6.45) is -1.10. The Morgan fingerprint density at radius 3 is 2.68 bits per heavy atom. The summed E-state index contributed by atoms with van der Waals surface area (Å²) < 4.78 is 32.7. The SMILES string of the molecule is Cc1cc(Oc2nc(Br)c(F)cc2F)cc(-c2cccc(CNC(=O)O)c2)c1. The summed E-state index contributed by atoms with van der Waals surface area (Å²) >= 11 is 2.91. The molecule has 0 aliphatic rings. The summed E-state index contributed by atoms with van der Waals surface area (Å²) in [6.45, 7) is 2.04. The molecule has 3 rings (SSSR count). The van der Waals surface area contributed by atoms with Crippen molar-refractivity contribution in [1.82, 2.24) is 10.3 Å². The Bertz CT molecular complexity index is 1040. The second-order valence-corrected chi connectivity index (χ2v) is 6.80. The maximum atomic E-state index is 13.9. The van der Waals surface area contributed by atoms with Gasteiger partial charge in [0.1, 0.15) is 10.4 Å². The smallest absolute Gasteiger partial charge is 0.404 e. The number of hydrogen-bond acceptors (Lipinski definition) is 3. The number of amides is 1. The van der Waals surface area contributed by atoms with Gasteiger partial charge in [-0.15, -0.1) is 0 Å². The molecule has 0 aliphatic carbocycles. The van der Waals surface area contributed by atoms with Gasteiger partial charge >= 0.3 is 6.09 Å². The predicted molar refractivity (Wildman–Crippen MR) is 103 cm³/mol. The van der Waals surface area contributed by atoms with Crippen LogP contribution in [-0.2, 0) is 6.54 Å². The molecule has 3 aromatic rings. The zero-order valence-corrected chi connectivity index (χ0v) is 16.3. The van der Waals surface area contributed by atoms with Gasteiger partial charge in [0, 0.05) is 12.6 Å². The Hall–Kier alpha value is -3.00. The molecule has 0 saturated heterocycles. The van der Waals surface area contributed by atoms with Crippen LogP contribution in [0, 0.1) is 18.6 Å². The third-order valence-corrected chi connectivity index (χ3v) is 4.38. The van der Waals surface area contributed by atoms with E-state index in [1.807, 2.05) is 37.3 Å². The Kier molecular flexibility index (Phi) is 5.89. The van der Waals surface area contributed by atoms with Crippen molar-refractivity contribution in [2.45, 2.75) is 13.5 Å². The lowest BCUT2D eigenvalue weighted by Crippen LogP contribution is -2.19. The Morgan fingerprint density at radius 2 is 1.93 bits per heavy atom. The van der Waals surface area contributed by atoms with E-state index < -0.39 is 17.7 Å². The molecule has 1 heterocycles. The summed E-state index contributed by atoms with van der Waals surface area (Å²) in [6, 6.07) is 13.4. The maximum absolute atomic E-state index is 13.9. The van der Waals surface area contributed by atoms with E-state index in [1.54, 1.807) is 12.1 Å². The zero-order chi connectivity index (χ0) is 20.3. The molecular formula is C20H15BrF2N2O3. The van der Waals surface area contributed by atoms with Crippen molar-refractivity contribution in [1.29, 1.82) is 0 Å². The highest BCUT2D eigenvalue weighted by atomic mass is 79.9. The minimum Gasteiger partial charge on any atom is -0.465 e. The summed E-state index contributed by atoms with van der Waals surface area (Å²) in [7, 11) is 0. The van der Waals surface area contributed by atoms with Gasteiger partial charge in [0.2, 0.25) is 0 Å².